The van der Waals surface area contributed by atoms with Crippen molar-refractivity contribution in [3.05, 3.63) is 62.6 Å². The summed E-state index contributed by atoms with van der Waals surface area (Å²) in [7, 11) is 0. The minimum Gasteiger partial charge on any atom is -0.478 e. The summed E-state index contributed by atoms with van der Waals surface area (Å²) in [5, 5.41) is 12.9. The molecule has 0 heterocycles. The lowest BCUT2D eigenvalue weighted by Crippen LogP contribution is -2.03. The first-order valence-corrected chi connectivity index (χ1v) is 7.16. The second-order valence-corrected chi connectivity index (χ2v) is 5.71. The number of aromatic carboxylic acids is 1. The maximum Gasteiger partial charge on any atom is 0.335 e. The number of halogens is 2. The van der Waals surface area contributed by atoms with Crippen LogP contribution >= 0.6 is 27.5 Å². The van der Waals surface area contributed by atoms with Gasteiger partial charge in [0.1, 0.15) is 0 Å². The highest BCUT2D eigenvalue weighted by atomic mass is 79.9. The van der Waals surface area contributed by atoms with Crippen molar-refractivity contribution >= 4 is 39.2 Å². The molecule has 0 aliphatic heterocycles. The average Bonchev–Trinajstić information content (AvgIpc) is 2.38. The number of nitrogens with one attached hydrogen (secondary N) is 1. The number of carboxylic acids is 1. The summed E-state index contributed by atoms with van der Waals surface area (Å²) >= 11 is 9.37. The molecule has 0 unspecified atom stereocenters. The molecule has 2 rings (SSSR count). The molecule has 2 aromatic rings. The molecule has 5 heteroatoms. The zero-order valence-electron chi connectivity index (χ0n) is 10.8. The van der Waals surface area contributed by atoms with Gasteiger partial charge in [0.25, 0.3) is 0 Å². The molecular formula is C15H13BrClNO2. The van der Waals surface area contributed by atoms with E-state index in [1.807, 2.05) is 25.1 Å². The Kier molecular flexibility index (Phi) is 4.68. The van der Waals surface area contributed by atoms with Crippen molar-refractivity contribution in [1.82, 2.24) is 0 Å². The van der Waals surface area contributed by atoms with Gasteiger partial charge in [-0.15, -0.1) is 0 Å². The summed E-state index contributed by atoms with van der Waals surface area (Å²) in [5.41, 5.74) is 3.18. The summed E-state index contributed by atoms with van der Waals surface area (Å²) in [6, 6.07) is 10.7. The average molecular weight is 355 g/mol. The zero-order valence-corrected chi connectivity index (χ0v) is 13.1. The van der Waals surface area contributed by atoms with Crippen LogP contribution in [0.5, 0.6) is 0 Å². The van der Waals surface area contributed by atoms with Crippen LogP contribution in [0.4, 0.5) is 5.69 Å². The molecule has 3 nitrogen and oxygen atoms in total. The van der Waals surface area contributed by atoms with E-state index >= 15 is 0 Å². The standard InChI is InChI=1S/C15H13BrClNO2/c1-9-6-10(15(19)20)3-5-14(9)18-8-11-2-4-12(17)7-13(11)16/h2-7,18H,8H2,1H3,(H,19,20). The fourth-order valence-corrected chi connectivity index (χ4v) is 2.67. The molecule has 20 heavy (non-hydrogen) atoms. The monoisotopic (exact) mass is 353 g/mol. The molecule has 0 aliphatic rings. The van der Waals surface area contributed by atoms with Crippen LogP contribution in [-0.4, -0.2) is 11.1 Å². The number of carbonyl (C=O) groups is 1. The summed E-state index contributed by atoms with van der Waals surface area (Å²) in [4.78, 5) is 10.9. The van der Waals surface area contributed by atoms with Crippen molar-refractivity contribution in [2.24, 2.45) is 0 Å². The van der Waals surface area contributed by atoms with Gasteiger partial charge in [0.2, 0.25) is 0 Å². The van der Waals surface area contributed by atoms with Gasteiger partial charge in [0, 0.05) is 21.7 Å². The van der Waals surface area contributed by atoms with E-state index in [2.05, 4.69) is 21.2 Å². The van der Waals surface area contributed by atoms with Crippen LogP contribution in [-0.2, 0) is 6.54 Å². The van der Waals surface area contributed by atoms with Crippen LogP contribution in [0, 0.1) is 6.92 Å². The molecule has 2 aromatic carbocycles. The number of benzene rings is 2. The Morgan fingerprint density at radius 3 is 2.65 bits per heavy atom. The van der Waals surface area contributed by atoms with Crippen LogP contribution in [0.15, 0.2) is 40.9 Å². The van der Waals surface area contributed by atoms with Crippen molar-refractivity contribution in [1.29, 1.82) is 0 Å². The van der Waals surface area contributed by atoms with E-state index in [1.54, 1.807) is 18.2 Å². The molecule has 2 N–H and O–H groups in total. The highest BCUT2D eigenvalue weighted by molar-refractivity contribution is 9.10. The number of rotatable bonds is 4. The highest BCUT2D eigenvalue weighted by Gasteiger charge is 2.06. The normalized spacial score (nSPS) is 10.3. The van der Waals surface area contributed by atoms with Gasteiger partial charge in [-0.05, 0) is 48.4 Å². The summed E-state index contributed by atoms with van der Waals surface area (Å²) in [5.74, 6) is -0.917. The molecule has 0 aromatic heterocycles. The van der Waals surface area contributed by atoms with Gasteiger partial charge >= 0.3 is 5.97 Å². The number of anilines is 1. The molecule has 0 saturated carbocycles. The van der Waals surface area contributed by atoms with Crippen molar-refractivity contribution in [3.63, 3.8) is 0 Å². The van der Waals surface area contributed by atoms with E-state index < -0.39 is 5.97 Å². The van der Waals surface area contributed by atoms with Gasteiger partial charge < -0.3 is 10.4 Å². The number of aryl methyl sites for hydroxylation is 1. The first-order chi connectivity index (χ1) is 9.47. The predicted octanol–water partition coefficient (Wildman–Crippen LogP) is 4.72. The minimum atomic E-state index is -0.917. The maximum atomic E-state index is 10.9. The Morgan fingerprint density at radius 1 is 1.30 bits per heavy atom. The molecule has 104 valence electrons. The second kappa shape index (κ2) is 6.29. The molecule has 0 radical (unpaired) electrons. The summed E-state index contributed by atoms with van der Waals surface area (Å²) < 4.78 is 0.942. The Bertz CT molecular complexity index is 658. The predicted molar refractivity (Wildman–Crippen MR) is 84.6 cm³/mol. The van der Waals surface area contributed by atoms with Gasteiger partial charge in [-0.2, -0.15) is 0 Å². The van der Waals surface area contributed by atoms with Crippen molar-refractivity contribution in [2.45, 2.75) is 13.5 Å². The topological polar surface area (TPSA) is 49.3 Å². The van der Waals surface area contributed by atoms with Crippen molar-refractivity contribution in [3.8, 4) is 0 Å². The van der Waals surface area contributed by atoms with Crippen molar-refractivity contribution in [2.75, 3.05) is 5.32 Å². The lowest BCUT2D eigenvalue weighted by atomic mass is 10.1. The molecule has 0 saturated heterocycles. The van der Waals surface area contributed by atoms with Crippen LogP contribution < -0.4 is 5.32 Å². The van der Waals surface area contributed by atoms with E-state index in [4.69, 9.17) is 16.7 Å². The van der Waals surface area contributed by atoms with Crippen molar-refractivity contribution < 1.29 is 9.90 Å². The summed E-state index contributed by atoms with van der Waals surface area (Å²) in [6.07, 6.45) is 0. The molecule has 0 atom stereocenters. The zero-order chi connectivity index (χ0) is 14.7. The molecule has 0 fully saturated rings. The maximum absolute atomic E-state index is 10.9. The van der Waals surface area contributed by atoms with E-state index in [-0.39, 0.29) is 0 Å². The number of carboxylic acid groups (broad SMARTS) is 1. The lowest BCUT2D eigenvalue weighted by molar-refractivity contribution is 0.0697. The van der Waals surface area contributed by atoms with Crippen LogP contribution in [0.25, 0.3) is 0 Å². The molecular weight excluding hydrogens is 342 g/mol. The van der Waals surface area contributed by atoms with Gasteiger partial charge in [0.05, 0.1) is 5.56 Å². The van der Waals surface area contributed by atoms with Gasteiger partial charge in [-0.25, -0.2) is 4.79 Å². The van der Waals surface area contributed by atoms with Crippen LogP contribution in [0.3, 0.4) is 0 Å². The smallest absolute Gasteiger partial charge is 0.335 e. The molecule has 0 spiro atoms. The fraction of sp³-hybridized carbons (Fsp3) is 0.133. The number of hydrogen-bond donors (Lipinski definition) is 2. The third-order valence-electron chi connectivity index (χ3n) is 2.96. The molecule has 0 bridgehead atoms. The second-order valence-electron chi connectivity index (χ2n) is 4.42. The third kappa shape index (κ3) is 3.52. The Labute approximate surface area is 130 Å². The van der Waals surface area contributed by atoms with E-state index in [1.165, 1.54) is 0 Å². The highest BCUT2D eigenvalue weighted by Crippen LogP contribution is 2.23. The van der Waals surface area contributed by atoms with Crippen LogP contribution in [0.1, 0.15) is 21.5 Å². The first kappa shape index (κ1) is 14.9. The third-order valence-corrected chi connectivity index (χ3v) is 3.93. The fourth-order valence-electron chi connectivity index (χ4n) is 1.85. The quantitative estimate of drug-likeness (QED) is 0.835. The Morgan fingerprint density at radius 2 is 2.05 bits per heavy atom. The first-order valence-electron chi connectivity index (χ1n) is 5.99. The van der Waals surface area contributed by atoms with Gasteiger partial charge in [-0.3, -0.25) is 0 Å². The minimum absolute atomic E-state index is 0.292. The molecule has 0 aliphatic carbocycles. The Hall–Kier alpha value is -1.52. The van der Waals surface area contributed by atoms with Crippen LogP contribution in [0.2, 0.25) is 5.02 Å². The largest absolute Gasteiger partial charge is 0.478 e. The van der Waals surface area contributed by atoms with Gasteiger partial charge in [0.15, 0.2) is 0 Å². The van der Waals surface area contributed by atoms with Gasteiger partial charge in [-0.1, -0.05) is 33.6 Å². The number of hydrogen-bond acceptors (Lipinski definition) is 2. The Balaban J connectivity index is 2.13. The van der Waals surface area contributed by atoms with E-state index in [0.29, 0.717) is 17.1 Å². The lowest BCUT2D eigenvalue weighted by Gasteiger charge is -2.11. The SMILES string of the molecule is Cc1cc(C(=O)O)ccc1NCc1ccc(Cl)cc1Br. The van der Waals surface area contributed by atoms with E-state index in [9.17, 15) is 4.79 Å². The molecule has 0 amide bonds. The summed E-state index contributed by atoms with van der Waals surface area (Å²) in [6.45, 7) is 2.51. The van der Waals surface area contributed by atoms with E-state index in [0.717, 1.165) is 21.3 Å².